The highest BCUT2D eigenvalue weighted by Gasteiger charge is 2.20. The van der Waals surface area contributed by atoms with Crippen LogP contribution >= 0.6 is 12.2 Å². The number of hydrogen-bond donors (Lipinski definition) is 2. The second-order valence-electron chi connectivity index (χ2n) is 5.35. The third kappa shape index (κ3) is 3.86. The highest BCUT2D eigenvalue weighted by Crippen LogP contribution is 2.27. The summed E-state index contributed by atoms with van der Waals surface area (Å²) < 4.78 is 0. The molecule has 1 aliphatic carbocycles. The van der Waals surface area contributed by atoms with Crippen molar-refractivity contribution in [2.45, 2.75) is 52.0 Å². The summed E-state index contributed by atoms with van der Waals surface area (Å²) in [4.78, 5) is 9.11. The maximum absolute atomic E-state index is 5.63. The van der Waals surface area contributed by atoms with Gasteiger partial charge in [-0.1, -0.05) is 25.6 Å². The highest BCUT2D eigenvalue weighted by atomic mass is 32.1. The number of aromatic nitrogens is 2. The number of rotatable bonds is 4. The molecule has 4 nitrogen and oxygen atoms in total. The van der Waals surface area contributed by atoms with E-state index in [1.165, 1.54) is 32.1 Å². The van der Waals surface area contributed by atoms with E-state index in [4.69, 9.17) is 18.0 Å². The largest absolute Gasteiger partial charge is 0.388 e. The van der Waals surface area contributed by atoms with E-state index in [-0.39, 0.29) is 0 Å². The summed E-state index contributed by atoms with van der Waals surface area (Å²) in [5, 5.41) is 3.42. The summed E-state index contributed by atoms with van der Waals surface area (Å²) in [6.07, 6.45) is 6.26. The number of anilines is 1. The van der Waals surface area contributed by atoms with Crippen molar-refractivity contribution in [3.8, 4) is 0 Å². The first-order valence-electron chi connectivity index (χ1n) is 7.00. The smallest absolute Gasteiger partial charge is 0.223 e. The van der Waals surface area contributed by atoms with E-state index in [1.54, 1.807) is 0 Å². The molecule has 1 saturated carbocycles. The van der Waals surface area contributed by atoms with Crippen LogP contribution in [0, 0.1) is 12.8 Å². The molecule has 0 amide bonds. The standard InChI is InChI=1S/C14H22N4S/c1-3-10-4-6-11(7-5-10)17-14-16-9(2)8-12(18-14)13(15)19/h8,10-11H,3-7H2,1-2H3,(H2,15,19)(H,16,17,18). The van der Waals surface area contributed by atoms with Crippen molar-refractivity contribution in [3.05, 3.63) is 17.5 Å². The minimum absolute atomic E-state index is 0.322. The van der Waals surface area contributed by atoms with Gasteiger partial charge in [0, 0.05) is 11.7 Å². The average molecular weight is 278 g/mol. The zero-order valence-corrected chi connectivity index (χ0v) is 12.5. The van der Waals surface area contributed by atoms with Gasteiger partial charge in [-0.2, -0.15) is 0 Å². The lowest BCUT2D eigenvalue weighted by molar-refractivity contribution is 0.329. The van der Waals surface area contributed by atoms with Crippen LogP contribution in [0.25, 0.3) is 0 Å². The van der Waals surface area contributed by atoms with Gasteiger partial charge in [-0.25, -0.2) is 9.97 Å². The van der Waals surface area contributed by atoms with Crippen LogP contribution in [0.2, 0.25) is 0 Å². The molecule has 1 aliphatic rings. The Labute approximate surface area is 120 Å². The fourth-order valence-corrected chi connectivity index (χ4v) is 2.76. The Kier molecular flexibility index (Phi) is 4.69. The van der Waals surface area contributed by atoms with Gasteiger partial charge in [0.2, 0.25) is 5.95 Å². The van der Waals surface area contributed by atoms with Crippen LogP contribution in [0.1, 0.15) is 50.4 Å². The second kappa shape index (κ2) is 6.28. The van der Waals surface area contributed by atoms with E-state index < -0.39 is 0 Å². The maximum atomic E-state index is 5.63. The first kappa shape index (κ1) is 14.2. The number of nitrogens with one attached hydrogen (secondary N) is 1. The van der Waals surface area contributed by atoms with E-state index in [9.17, 15) is 0 Å². The molecule has 0 aromatic carbocycles. The molecule has 0 aliphatic heterocycles. The van der Waals surface area contributed by atoms with Gasteiger partial charge >= 0.3 is 0 Å². The molecule has 1 heterocycles. The molecule has 1 aromatic rings. The van der Waals surface area contributed by atoms with Crippen molar-refractivity contribution in [1.29, 1.82) is 0 Å². The Morgan fingerprint density at radius 3 is 2.63 bits per heavy atom. The van der Waals surface area contributed by atoms with Crippen molar-refractivity contribution >= 4 is 23.2 Å². The fourth-order valence-electron chi connectivity index (χ4n) is 2.66. The summed E-state index contributed by atoms with van der Waals surface area (Å²) in [5.74, 6) is 1.55. The molecule has 0 unspecified atom stereocenters. The van der Waals surface area contributed by atoms with Crippen molar-refractivity contribution in [2.24, 2.45) is 11.7 Å². The maximum Gasteiger partial charge on any atom is 0.223 e. The molecule has 2 rings (SSSR count). The Balaban J connectivity index is 2.01. The summed E-state index contributed by atoms with van der Waals surface area (Å²) in [6.45, 7) is 4.21. The number of aryl methyl sites for hydroxylation is 1. The Morgan fingerprint density at radius 1 is 1.37 bits per heavy atom. The monoisotopic (exact) mass is 278 g/mol. The normalized spacial score (nSPS) is 23.1. The quantitative estimate of drug-likeness (QED) is 0.829. The second-order valence-corrected chi connectivity index (χ2v) is 5.79. The molecule has 0 bridgehead atoms. The Bertz CT molecular complexity index is 453. The molecule has 0 radical (unpaired) electrons. The first-order valence-corrected chi connectivity index (χ1v) is 7.41. The average Bonchev–Trinajstić information content (AvgIpc) is 2.39. The van der Waals surface area contributed by atoms with Crippen LogP contribution in [-0.2, 0) is 0 Å². The molecule has 0 spiro atoms. The van der Waals surface area contributed by atoms with E-state index >= 15 is 0 Å². The highest BCUT2D eigenvalue weighted by molar-refractivity contribution is 7.80. The fraction of sp³-hybridized carbons (Fsp3) is 0.643. The number of hydrogen-bond acceptors (Lipinski definition) is 4. The summed E-state index contributed by atoms with van der Waals surface area (Å²) >= 11 is 4.98. The van der Waals surface area contributed by atoms with Gasteiger partial charge in [0.25, 0.3) is 0 Å². The molecule has 1 aromatic heterocycles. The van der Waals surface area contributed by atoms with Gasteiger partial charge < -0.3 is 11.1 Å². The minimum atomic E-state index is 0.322. The van der Waals surface area contributed by atoms with Crippen molar-refractivity contribution in [2.75, 3.05) is 5.32 Å². The van der Waals surface area contributed by atoms with Gasteiger partial charge in [-0.3, -0.25) is 0 Å². The van der Waals surface area contributed by atoms with Crippen LogP contribution in [-0.4, -0.2) is 21.0 Å². The molecule has 5 heteroatoms. The van der Waals surface area contributed by atoms with Crippen molar-refractivity contribution < 1.29 is 0 Å². The number of nitrogens with two attached hydrogens (primary N) is 1. The van der Waals surface area contributed by atoms with Gasteiger partial charge in [0.15, 0.2) is 0 Å². The molecule has 19 heavy (non-hydrogen) atoms. The first-order chi connectivity index (χ1) is 9.08. The molecule has 0 atom stereocenters. The van der Waals surface area contributed by atoms with E-state index in [0.717, 1.165) is 11.6 Å². The van der Waals surface area contributed by atoms with Crippen LogP contribution in [0.5, 0.6) is 0 Å². The predicted molar refractivity (Wildman–Crippen MR) is 82.3 cm³/mol. The molecular weight excluding hydrogens is 256 g/mol. The van der Waals surface area contributed by atoms with Crippen LogP contribution in [0.15, 0.2) is 6.07 Å². The Morgan fingerprint density at radius 2 is 2.05 bits per heavy atom. The minimum Gasteiger partial charge on any atom is -0.388 e. The zero-order chi connectivity index (χ0) is 13.8. The molecule has 0 saturated heterocycles. The SMILES string of the molecule is CCC1CCC(Nc2nc(C)cc(C(N)=S)n2)CC1. The van der Waals surface area contributed by atoms with Gasteiger partial charge in [0.1, 0.15) is 10.7 Å². The van der Waals surface area contributed by atoms with Crippen LogP contribution < -0.4 is 11.1 Å². The molecule has 1 fully saturated rings. The lowest BCUT2D eigenvalue weighted by Gasteiger charge is -2.28. The zero-order valence-electron chi connectivity index (χ0n) is 11.6. The van der Waals surface area contributed by atoms with Crippen molar-refractivity contribution in [3.63, 3.8) is 0 Å². The lowest BCUT2D eigenvalue weighted by atomic mass is 9.85. The van der Waals surface area contributed by atoms with Gasteiger partial charge in [-0.15, -0.1) is 0 Å². The third-order valence-corrected chi connectivity index (χ3v) is 4.07. The van der Waals surface area contributed by atoms with Crippen LogP contribution in [0.4, 0.5) is 5.95 Å². The Hall–Kier alpha value is -1.23. The third-order valence-electron chi connectivity index (χ3n) is 3.86. The van der Waals surface area contributed by atoms with Crippen LogP contribution in [0.3, 0.4) is 0 Å². The van der Waals surface area contributed by atoms with Gasteiger partial charge in [0.05, 0.1) is 0 Å². The van der Waals surface area contributed by atoms with E-state index in [0.29, 0.717) is 22.7 Å². The molecule has 104 valence electrons. The van der Waals surface area contributed by atoms with E-state index in [2.05, 4.69) is 22.2 Å². The topological polar surface area (TPSA) is 63.8 Å². The van der Waals surface area contributed by atoms with Crippen molar-refractivity contribution in [1.82, 2.24) is 9.97 Å². The number of thiocarbonyl (C=S) groups is 1. The summed E-state index contributed by atoms with van der Waals surface area (Å²) in [5.41, 5.74) is 7.17. The molecular formula is C14H22N4S. The molecule has 3 N–H and O–H groups in total. The van der Waals surface area contributed by atoms with Gasteiger partial charge in [-0.05, 0) is 44.6 Å². The predicted octanol–water partition coefficient (Wildman–Crippen LogP) is 2.80. The summed E-state index contributed by atoms with van der Waals surface area (Å²) in [6, 6.07) is 2.30. The lowest BCUT2D eigenvalue weighted by Crippen LogP contribution is -2.27. The summed E-state index contributed by atoms with van der Waals surface area (Å²) in [7, 11) is 0. The number of nitrogens with zero attached hydrogens (tertiary/aromatic N) is 2. The van der Waals surface area contributed by atoms with E-state index in [1.807, 2.05) is 13.0 Å².